The number of hydrogen-bond donors (Lipinski definition) is 1. The standard InChI is InChI=1S/C8H6NO3/c10-8-5-12-7-4-2-1-3-6(7)9(8)11/h1-5,9H. The largest absolute Gasteiger partial charge is 0.621 e. The van der Waals surface area contributed by atoms with Crippen molar-refractivity contribution in [2.45, 2.75) is 0 Å². The summed E-state index contributed by atoms with van der Waals surface area (Å²) >= 11 is 0. The van der Waals surface area contributed by atoms with E-state index in [1.165, 1.54) is 0 Å². The van der Waals surface area contributed by atoms with E-state index in [-0.39, 0.29) is 0 Å². The van der Waals surface area contributed by atoms with E-state index >= 15 is 0 Å². The molecule has 0 bridgehead atoms. The predicted octanol–water partition coefficient (Wildman–Crippen LogP) is -0.218. The molecule has 1 unspecified atom stereocenters. The van der Waals surface area contributed by atoms with E-state index < -0.39 is 11.0 Å². The van der Waals surface area contributed by atoms with Crippen molar-refractivity contribution >= 4 is 11.6 Å². The number of para-hydroxylation sites is 2. The van der Waals surface area contributed by atoms with Crippen molar-refractivity contribution in [3.05, 3.63) is 36.1 Å². The summed E-state index contributed by atoms with van der Waals surface area (Å²) < 4.78 is 4.91. The molecule has 1 aliphatic rings. The maximum absolute atomic E-state index is 11.2. The van der Waals surface area contributed by atoms with Crippen LogP contribution in [0.4, 0.5) is 5.69 Å². The van der Waals surface area contributed by atoms with Gasteiger partial charge >= 0.3 is 5.91 Å². The van der Waals surface area contributed by atoms with E-state index in [1.807, 2.05) is 0 Å². The summed E-state index contributed by atoms with van der Waals surface area (Å²) in [6, 6.07) is 6.66. The second kappa shape index (κ2) is 2.58. The molecule has 12 heavy (non-hydrogen) atoms. The molecule has 1 aliphatic heterocycles. The zero-order valence-electron chi connectivity index (χ0n) is 6.11. The molecule has 0 aromatic heterocycles. The van der Waals surface area contributed by atoms with Crippen LogP contribution in [0.2, 0.25) is 0 Å². The number of amides is 1. The van der Waals surface area contributed by atoms with Gasteiger partial charge < -0.3 is 9.94 Å². The van der Waals surface area contributed by atoms with Crippen LogP contribution in [0.5, 0.6) is 5.75 Å². The van der Waals surface area contributed by atoms with Gasteiger partial charge in [0, 0.05) is 6.07 Å². The number of nitrogens with one attached hydrogen (secondary N) is 1. The maximum atomic E-state index is 11.2. The molecule has 2 rings (SSSR count). The Morgan fingerprint density at radius 1 is 1.33 bits per heavy atom. The fraction of sp³-hybridized carbons (Fsp3) is 0. The zero-order valence-corrected chi connectivity index (χ0v) is 6.11. The number of ether oxygens (including phenoxy) is 1. The van der Waals surface area contributed by atoms with Gasteiger partial charge in [-0.2, -0.15) is 0 Å². The van der Waals surface area contributed by atoms with E-state index in [4.69, 9.17) is 4.74 Å². The van der Waals surface area contributed by atoms with Crippen molar-refractivity contribution in [3.8, 4) is 5.75 Å². The van der Waals surface area contributed by atoms with Gasteiger partial charge in [-0.15, -0.1) is 0 Å². The molecule has 0 saturated heterocycles. The third kappa shape index (κ3) is 0.975. The monoisotopic (exact) mass is 164 g/mol. The minimum absolute atomic E-state index is 0.338. The van der Waals surface area contributed by atoms with Crippen LogP contribution in [0.3, 0.4) is 0 Å². The lowest BCUT2D eigenvalue weighted by Gasteiger charge is -2.24. The lowest BCUT2D eigenvalue weighted by molar-refractivity contribution is -0.690. The SMILES string of the molecule is O=C1[CH]Oc2ccccc2[NH+]1[O-]. The van der Waals surface area contributed by atoms with Gasteiger partial charge in [-0.3, -0.25) is 5.06 Å². The Balaban J connectivity index is 2.48. The van der Waals surface area contributed by atoms with Crippen LogP contribution in [-0.2, 0) is 4.79 Å². The van der Waals surface area contributed by atoms with Gasteiger partial charge in [0.05, 0.1) is 0 Å². The van der Waals surface area contributed by atoms with E-state index in [0.717, 1.165) is 6.61 Å². The summed E-state index contributed by atoms with van der Waals surface area (Å²) in [7, 11) is 0. The highest BCUT2D eigenvalue weighted by Gasteiger charge is 2.25. The van der Waals surface area contributed by atoms with Crippen molar-refractivity contribution in [1.29, 1.82) is 0 Å². The Hall–Kier alpha value is -1.39. The van der Waals surface area contributed by atoms with Crippen LogP contribution in [0.15, 0.2) is 24.3 Å². The summed E-state index contributed by atoms with van der Waals surface area (Å²) in [5.74, 6) is -0.157. The zero-order chi connectivity index (χ0) is 8.55. The van der Waals surface area contributed by atoms with E-state index in [9.17, 15) is 10.0 Å². The van der Waals surface area contributed by atoms with Gasteiger partial charge in [-0.05, 0) is 6.07 Å². The van der Waals surface area contributed by atoms with Crippen LogP contribution >= 0.6 is 0 Å². The molecule has 0 aliphatic carbocycles. The van der Waals surface area contributed by atoms with E-state index in [2.05, 4.69) is 0 Å². The number of hydrogen-bond acceptors (Lipinski definition) is 3. The third-order valence-corrected chi connectivity index (χ3v) is 1.65. The van der Waals surface area contributed by atoms with Crippen LogP contribution < -0.4 is 9.80 Å². The number of fused-ring (bicyclic) bond motifs is 1. The van der Waals surface area contributed by atoms with E-state index in [1.54, 1.807) is 24.3 Å². The van der Waals surface area contributed by atoms with Gasteiger partial charge in [0.1, 0.15) is 0 Å². The first-order chi connectivity index (χ1) is 5.79. The number of carbonyl (C=O) groups is 1. The quantitative estimate of drug-likeness (QED) is 0.539. The van der Waals surface area contributed by atoms with Crippen molar-refractivity contribution in [2.24, 2.45) is 0 Å². The fourth-order valence-corrected chi connectivity index (χ4v) is 1.06. The highest BCUT2D eigenvalue weighted by Crippen LogP contribution is 2.22. The lowest BCUT2D eigenvalue weighted by atomic mass is 10.2. The molecule has 0 saturated carbocycles. The normalized spacial score (nSPS) is 21.4. The summed E-state index contributed by atoms with van der Waals surface area (Å²) in [6.07, 6.45) is 0. The average molecular weight is 164 g/mol. The topological polar surface area (TPSA) is 53.8 Å². The molecule has 1 amide bonds. The van der Waals surface area contributed by atoms with Crippen LogP contribution in [-0.4, -0.2) is 5.91 Å². The number of benzene rings is 1. The second-order valence-corrected chi connectivity index (χ2v) is 2.43. The second-order valence-electron chi connectivity index (χ2n) is 2.43. The number of carbonyl (C=O) groups excluding carboxylic acids is 1. The Bertz CT molecular complexity index is 324. The molecular weight excluding hydrogens is 158 g/mol. The van der Waals surface area contributed by atoms with Gasteiger partial charge in [-0.1, -0.05) is 12.1 Å². The molecule has 0 fully saturated rings. The first-order valence-corrected chi connectivity index (χ1v) is 3.46. The Morgan fingerprint density at radius 2 is 2.08 bits per heavy atom. The molecular formula is C8H6NO3. The number of hydroxylamine groups is 1. The molecule has 1 atom stereocenters. The van der Waals surface area contributed by atoms with Gasteiger partial charge in [0.15, 0.2) is 11.4 Å². The predicted molar refractivity (Wildman–Crippen MR) is 40.4 cm³/mol. The van der Waals surface area contributed by atoms with Crippen LogP contribution in [0.1, 0.15) is 0 Å². The molecule has 1 radical (unpaired) electrons. The fourth-order valence-electron chi connectivity index (χ4n) is 1.06. The smallest absolute Gasteiger partial charge is 0.362 e. The molecule has 4 heteroatoms. The van der Waals surface area contributed by atoms with Gasteiger partial charge in [0.2, 0.25) is 0 Å². The van der Waals surface area contributed by atoms with Crippen molar-refractivity contribution < 1.29 is 14.6 Å². The van der Waals surface area contributed by atoms with Crippen LogP contribution in [0, 0.1) is 11.8 Å². The molecule has 61 valence electrons. The first-order valence-electron chi connectivity index (χ1n) is 3.46. The Labute approximate surface area is 68.9 Å². The van der Waals surface area contributed by atoms with Gasteiger partial charge in [0.25, 0.3) is 6.61 Å². The molecule has 1 aromatic carbocycles. The van der Waals surface area contributed by atoms with Crippen LogP contribution in [0.25, 0.3) is 0 Å². The first kappa shape index (κ1) is 7.27. The summed E-state index contributed by atoms with van der Waals surface area (Å²) in [5, 5.41) is 10.7. The molecule has 4 nitrogen and oxygen atoms in total. The highest BCUT2D eigenvalue weighted by atomic mass is 16.5. The minimum atomic E-state index is -0.603. The summed E-state index contributed by atoms with van der Waals surface area (Å²) in [6.45, 7) is 0.935. The van der Waals surface area contributed by atoms with E-state index in [0.29, 0.717) is 11.4 Å². The Morgan fingerprint density at radius 3 is 2.92 bits per heavy atom. The number of rotatable bonds is 0. The number of quaternary nitrogens is 1. The molecule has 1 heterocycles. The molecule has 1 N–H and O–H groups in total. The summed E-state index contributed by atoms with van der Waals surface area (Å²) in [4.78, 5) is 10.8. The average Bonchev–Trinajstić information content (AvgIpc) is 2.12. The third-order valence-electron chi connectivity index (χ3n) is 1.65. The molecule has 0 spiro atoms. The minimum Gasteiger partial charge on any atom is -0.621 e. The maximum Gasteiger partial charge on any atom is 0.362 e. The van der Waals surface area contributed by atoms with Crippen molar-refractivity contribution in [3.63, 3.8) is 0 Å². The van der Waals surface area contributed by atoms with Crippen molar-refractivity contribution in [1.82, 2.24) is 0 Å². The van der Waals surface area contributed by atoms with Gasteiger partial charge in [-0.25, -0.2) is 4.79 Å². The lowest BCUT2D eigenvalue weighted by Crippen LogP contribution is -3.06. The summed E-state index contributed by atoms with van der Waals surface area (Å²) in [5.41, 5.74) is 0.338. The van der Waals surface area contributed by atoms with Crippen molar-refractivity contribution in [2.75, 3.05) is 0 Å². The Kier molecular flexibility index (Phi) is 1.56. The highest BCUT2D eigenvalue weighted by molar-refractivity contribution is 5.80. The molecule has 1 aromatic rings.